The second kappa shape index (κ2) is 7.87. The van der Waals surface area contributed by atoms with Crippen molar-refractivity contribution >= 4 is 39.0 Å². The van der Waals surface area contributed by atoms with Gasteiger partial charge in [-0.25, -0.2) is 13.4 Å². The summed E-state index contributed by atoms with van der Waals surface area (Å²) in [5.41, 5.74) is 2.92. The van der Waals surface area contributed by atoms with Crippen molar-refractivity contribution in [1.29, 1.82) is 0 Å². The van der Waals surface area contributed by atoms with Gasteiger partial charge in [0.2, 0.25) is 15.9 Å². The molecule has 1 amide bonds. The third kappa shape index (κ3) is 4.51. The summed E-state index contributed by atoms with van der Waals surface area (Å²) in [6.45, 7) is 1.50. The fourth-order valence-electron chi connectivity index (χ4n) is 2.30. The molecular formula is C16H17N3O4S2. The number of aromatic nitrogens is 1. The molecule has 132 valence electrons. The van der Waals surface area contributed by atoms with E-state index in [2.05, 4.69) is 10.3 Å². The van der Waals surface area contributed by atoms with Crippen molar-refractivity contribution in [1.82, 2.24) is 9.29 Å². The molecular weight excluding hydrogens is 362 g/mol. The maximum Gasteiger partial charge on any atom is 0.248 e. The molecule has 0 aliphatic carbocycles. The van der Waals surface area contributed by atoms with Gasteiger partial charge < -0.3 is 10.1 Å². The number of sulfonamides is 1. The van der Waals surface area contributed by atoms with E-state index in [4.69, 9.17) is 4.74 Å². The molecule has 1 aliphatic heterocycles. The molecule has 1 saturated heterocycles. The summed E-state index contributed by atoms with van der Waals surface area (Å²) >= 11 is 1.45. The number of thiazole rings is 1. The van der Waals surface area contributed by atoms with Gasteiger partial charge in [0, 0.05) is 30.2 Å². The van der Waals surface area contributed by atoms with Crippen molar-refractivity contribution in [2.24, 2.45) is 0 Å². The number of rotatable bonds is 5. The highest BCUT2D eigenvalue weighted by molar-refractivity contribution is 7.89. The number of hydrogen-bond donors (Lipinski definition) is 1. The summed E-state index contributed by atoms with van der Waals surface area (Å²) in [4.78, 5) is 16.1. The SMILES string of the molecule is O=C(/C=C\c1cscn1)Nc1ccc(S(=O)(=O)N2CCOCC2)cc1. The van der Waals surface area contributed by atoms with Gasteiger partial charge >= 0.3 is 0 Å². The number of hydrogen-bond acceptors (Lipinski definition) is 6. The van der Waals surface area contributed by atoms with Crippen LogP contribution in [0.2, 0.25) is 0 Å². The molecule has 1 fully saturated rings. The summed E-state index contributed by atoms with van der Waals surface area (Å²) in [6.07, 6.45) is 3.00. The van der Waals surface area contributed by atoms with Crippen LogP contribution in [0, 0.1) is 0 Å². The quantitative estimate of drug-likeness (QED) is 0.801. The first-order valence-corrected chi connectivity index (χ1v) is 9.99. The molecule has 0 spiro atoms. The normalized spacial score (nSPS) is 16.2. The minimum Gasteiger partial charge on any atom is -0.379 e. The third-order valence-corrected chi connectivity index (χ3v) is 6.10. The summed E-state index contributed by atoms with van der Waals surface area (Å²) in [5.74, 6) is -0.309. The molecule has 3 rings (SSSR count). The number of morpholine rings is 1. The van der Waals surface area contributed by atoms with Gasteiger partial charge in [-0.3, -0.25) is 4.79 Å². The molecule has 2 heterocycles. The molecule has 0 radical (unpaired) electrons. The van der Waals surface area contributed by atoms with Crippen molar-refractivity contribution < 1.29 is 17.9 Å². The van der Waals surface area contributed by atoms with Crippen LogP contribution >= 0.6 is 11.3 Å². The molecule has 9 heteroatoms. The van der Waals surface area contributed by atoms with Gasteiger partial charge in [-0.05, 0) is 30.3 Å². The Hall–Kier alpha value is -2.07. The van der Waals surface area contributed by atoms with Crippen LogP contribution in [0.25, 0.3) is 6.08 Å². The van der Waals surface area contributed by atoms with Crippen LogP contribution in [0.4, 0.5) is 5.69 Å². The van der Waals surface area contributed by atoms with Gasteiger partial charge in [0.15, 0.2) is 0 Å². The Balaban J connectivity index is 1.64. The third-order valence-electron chi connectivity index (χ3n) is 3.59. The van der Waals surface area contributed by atoms with Crippen molar-refractivity contribution in [3.63, 3.8) is 0 Å². The van der Waals surface area contributed by atoms with Gasteiger partial charge in [-0.1, -0.05) is 0 Å². The van der Waals surface area contributed by atoms with Crippen LogP contribution < -0.4 is 5.32 Å². The van der Waals surface area contributed by atoms with E-state index < -0.39 is 10.0 Å². The van der Waals surface area contributed by atoms with Gasteiger partial charge in [0.1, 0.15) is 0 Å². The zero-order chi connectivity index (χ0) is 17.7. The predicted octanol–water partition coefficient (Wildman–Crippen LogP) is 1.82. The molecule has 0 saturated carbocycles. The number of ether oxygens (including phenoxy) is 1. The number of nitrogens with one attached hydrogen (secondary N) is 1. The average Bonchev–Trinajstić information content (AvgIpc) is 3.15. The largest absolute Gasteiger partial charge is 0.379 e. The number of benzene rings is 1. The summed E-state index contributed by atoms with van der Waals surface area (Å²) in [7, 11) is -3.53. The molecule has 1 aromatic heterocycles. The molecule has 1 aromatic carbocycles. The average molecular weight is 379 g/mol. The highest BCUT2D eigenvalue weighted by Crippen LogP contribution is 2.19. The zero-order valence-electron chi connectivity index (χ0n) is 13.3. The van der Waals surface area contributed by atoms with Crippen LogP contribution in [0.15, 0.2) is 46.1 Å². The smallest absolute Gasteiger partial charge is 0.248 e. The first kappa shape index (κ1) is 17.7. The Morgan fingerprint density at radius 1 is 1.24 bits per heavy atom. The number of anilines is 1. The van der Waals surface area contributed by atoms with Crippen molar-refractivity contribution in [2.45, 2.75) is 4.90 Å². The lowest BCUT2D eigenvalue weighted by atomic mass is 10.3. The summed E-state index contributed by atoms with van der Waals surface area (Å²) in [6, 6.07) is 6.12. The van der Waals surface area contributed by atoms with E-state index in [9.17, 15) is 13.2 Å². The summed E-state index contributed by atoms with van der Waals surface area (Å²) < 4.78 is 31.6. The minimum absolute atomic E-state index is 0.199. The fraction of sp³-hybridized carbons (Fsp3) is 0.250. The second-order valence-electron chi connectivity index (χ2n) is 5.28. The predicted molar refractivity (Wildman–Crippen MR) is 95.8 cm³/mol. The standard InChI is InChI=1S/C16H17N3O4S2/c20-16(6-3-14-11-24-12-17-14)18-13-1-4-15(5-2-13)25(21,22)19-7-9-23-10-8-19/h1-6,11-12H,7-10H2,(H,18,20)/b6-3-. The highest BCUT2D eigenvalue weighted by atomic mass is 32.2. The van der Waals surface area contributed by atoms with Crippen molar-refractivity contribution in [3.05, 3.63) is 46.9 Å². The molecule has 0 unspecified atom stereocenters. The molecule has 7 nitrogen and oxygen atoms in total. The number of amides is 1. The van der Waals surface area contributed by atoms with Crippen LogP contribution in [0.1, 0.15) is 5.69 Å². The molecule has 0 bridgehead atoms. The van der Waals surface area contributed by atoms with Crippen LogP contribution in [0.5, 0.6) is 0 Å². The Kier molecular flexibility index (Phi) is 5.59. The molecule has 1 aliphatic rings. The number of nitrogens with zero attached hydrogens (tertiary/aromatic N) is 2. The Labute approximate surface area is 150 Å². The fourth-order valence-corrected chi connectivity index (χ4v) is 4.23. The molecule has 2 aromatic rings. The van der Waals surface area contributed by atoms with Crippen molar-refractivity contribution in [3.8, 4) is 0 Å². The van der Waals surface area contributed by atoms with Gasteiger partial charge in [-0.2, -0.15) is 4.31 Å². The Bertz CT molecular complexity index is 840. The van der Waals surface area contributed by atoms with E-state index in [1.807, 2.05) is 5.38 Å². The first-order chi connectivity index (χ1) is 12.1. The Morgan fingerprint density at radius 3 is 2.60 bits per heavy atom. The minimum atomic E-state index is -3.53. The van der Waals surface area contributed by atoms with Crippen molar-refractivity contribution in [2.75, 3.05) is 31.6 Å². The number of carbonyl (C=O) groups is 1. The lowest BCUT2D eigenvalue weighted by Crippen LogP contribution is -2.40. The van der Waals surface area contributed by atoms with E-state index in [1.54, 1.807) is 23.7 Å². The molecule has 1 N–H and O–H groups in total. The second-order valence-corrected chi connectivity index (χ2v) is 7.93. The van der Waals surface area contributed by atoms with E-state index in [0.717, 1.165) is 0 Å². The van der Waals surface area contributed by atoms with Gasteiger partial charge in [-0.15, -0.1) is 11.3 Å². The lowest BCUT2D eigenvalue weighted by Gasteiger charge is -2.26. The van der Waals surface area contributed by atoms with Gasteiger partial charge in [0.05, 0.1) is 29.3 Å². The van der Waals surface area contributed by atoms with Crippen LogP contribution in [0.3, 0.4) is 0 Å². The first-order valence-electron chi connectivity index (χ1n) is 7.61. The van der Waals surface area contributed by atoms with Crippen LogP contribution in [-0.2, 0) is 19.6 Å². The molecule has 25 heavy (non-hydrogen) atoms. The van der Waals surface area contributed by atoms with E-state index in [1.165, 1.54) is 33.9 Å². The zero-order valence-corrected chi connectivity index (χ0v) is 14.9. The maximum absolute atomic E-state index is 12.5. The van der Waals surface area contributed by atoms with Crippen LogP contribution in [-0.4, -0.2) is 49.9 Å². The monoisotopic (exact) mass is 379 g/mol. The van der Waals surface area contributed by atoms with Gasteiger partial charge in [0.25, 0.3) is 0 Å². The number of carbonyl (C=O) groups excluding carboxylic acids is 1. The lowest BCUT2D eigenvalue weighted by molar-refractivity contribution is -0.111. The maximum atomic E-state index is 12.5. The Morgan fingerprint density at radius 2 is 1.96 bits per heavy atom. The highest BCUT2D eigenvalue weighted by Gasteiger charge is 2.26. The van der Waals surface area contributed by atoms with E-state index in [-0.39, 0.29) is 10.8 Å². The molecule has 0 atom stereocenters. The van der Waals surface area contributed by atoms with E-state index >= 15 is 0 Å². The summed E-state index contributed by atoms with van der Waals surface area (Å²) in [5, 5.41) is 4.51. The van der Waals surface area contributed by atoms with E-state index in [0.29, 0.717) is 37.7 Å². The topological polar surface area (TPSA) is 88.6 Å².